The number of nitrogens with zero attached hydrogens (tertiary/aromatic N) is 1. The van der Waals surface area contributed by atoms with Gasteiger partial charge < -0.3 is 0 Å². The number of imide groups is 1. The first-order valence-corrected chi connectivity index (χ1v) is 9.86. The van der Waals surface area contributed by atoms with Crippen molar-refractivity contribution in [2.45, 2.75) is 31.1 Å². The van der Waals surface area contributed by atoms with Crippen molar-refractivity contribution >= 4 is 39.0 Å². The maximum atomic E-state index is 12.5. The number of nitrogens with one attached hydrogen (secondary N) is 1. The highest BCUT2D eigenvalue weighted by molar-refractivity contribution is 7.92. The Kier molecular flexibility index (Phi) is 5.09. The van der Waals surface area contributed by atoms with Gasteiger partial charge in [0.15, 0.2) is 5.78 Å². The van der Waals surface area contributed by atoms with Gasteiger partial charge in [-0.3, -0.25) is 24.0 Å². The zero-order valence-electron chi connectivity index (χ0n) is 14.6. The van der Waals surface area contributed by atoms with Crippen molar-refractivity contribution in [3.63, 3.8) is 0 Å². The van der Waals surface area contributed by atoms with E-state index in [-0.39, 0.29) is 22.5 Å². The molecule has 3 rings (SSSR count). The summed E-state index contributed by atoms with van der Waals surface area (Å²) in [7, 11) is -3.84. The summed E-state index contributed by atoms with van der Waals surface area (Å²) in [6, 6.07) is 11.7. The highest BCUT2D eigenvalue weighted by Gasteiger charge is 2.27. The van der Waals surface area contributed by atoms with E-state index in [2.05, 4.69) is 4.72 Å². The number of Topliss-reactive ketones (excluding diaryl/α,β-unsaturated/α-hetero) is 1. The molecule has 27 heavy (non-hydrogen) atoms. The third kappa shape index (κ3) is 4.06. The van der Waals surface area contributed by atoms with Gasteiger partial charge in [0.05, 0.1) is 10.6 Å². The minimum Gasteiger partial charge on any atom is -0.295 e. The molecule has 1 saturated heterocycles. The van der Waals surface area contributed by atoms with Crippen LogP contribution in [0.5, 0.6) is 0 Å². The van der Waals surface area contributed by atoms with E-state index >= 15 is 0 Å². The van der Waals surface area contributed by atoms with E-state index in [1.54, 1.807) is 0 Å². The first-order valence-electron chi connectivity index (χ1n) is 8.37. The SMILES string of the molecule is CC(=O)c1ccc(NS(=O)(=O)c2ccc(N3C(=O)CCCC3=O)cc2)cc1. The van der Waals surface area contributed by atoms with Gasteiger partial charge >= 0.3 is 0 Å². The zero-order valence-corrected chi connectivity index (χ0v) is 15.5. The molecule has 0 radical (unpaired) electrons. The number of piperidine rings is 1. The first kappa shape index (κ1) is 18.8. The number of carbonyl (C=O) groups excluding carboxylic acids is 3. The van der Waals surface area contributed by atoms with Crippen LogP contribution in [-0.2, 0) is 19.6 Å². The molecule has 0 bridgehead atoms. The van der Waals surface area contributed by atoms with Gasteiger partial charge in [0.2, 0.25) is 11.8 Å². The van der Waals surface area contributed by atoms with Crippen LogP contribution in [0.1, 0.15) is 36.5 Å². The second kappa shape index (κ2) is 7.32. The Bertz CT molecular complexity index is 979. The van der Waals surface area contributed by atoms with Crippen molar-refractivity contribution < 1.29 is 22.8 Å². The van der Waals surface area contributed by atoms with E-state index in [9.17, 15) is 22.8 Å². The van der Waals surface area contributed by atoms with Gasteiger partial charge in [0, 0.05) is 24.1 Å². The molecular weight excluding hydrogens is 368 g/mol. The first-order chi connectivity index (χ1) is 12.8. The molecule has 0 aromatic heterocycles. The molecule has 0 spiro atoms. The molecule has 1 heterocycles. The summed E-state index contributed by atoms with van der Waals surface area (Å²) in [5.74, 6) is -0.683. The van der Waals surface area contributed by atoms with Crippen LogP contribution in [-0.4, -0.2) is 26.0 Å². The monoisotopic (exact) mass is 386 g/mol. The molecule has 7 nitrogen and oxygen atoms in total. The fraction of sp³-hybridized carbons (Fsp3) is 0.211. The molecule has 0 aliphatic carbocycles. The molecule has 0 saturated carbocycles. The van der Waals surface area contributed by atoms with Crippen molar-refractivity contribution in [3.8, 4) is 0 Å². The van der Waals surface area contributed by atoms with Gasteiger partial charge in [-0.15, -0.1) is 0 Å². The molecular formula is C19H18N2O5S. The van der Waals surface area contributed by atoms with Crippen LogP contribution in [0.3, 0.4) is 0 Å². The number of hydrogen-bond acceptors (Lipinski definition) is 5. The van der Waals surface area contributed by atoms with Crippen LogP contribution < -0.4 is 9.62 Å². The molecule has 1 fully saturated rings. The molecule has 8 heteroatoms. The van der Waals surface area contributed by atoms with Crippen molar-refractivity contribution in [2.24, 2.45) is 0 Å². The average molecular weight is 386 g/mol. The fourth-order valence-electron chi connectivity index (χ4n) is 2.80. The summed E-state index contributed by atoms with van der Waals surface area (Å²) >= 11 is 0. The topological polar surface area (TPSA) is 101 Å². The molecule has 1 aliphatic heterocycles. The fourth-order valence-corrected chi connectivity index (χ4v) is 3.86. The predicted molar refractivity (Wildman–Crippen MR) is 100 cm³/mol. The normalized spacial score (nSPS) is 14.9. The standard InChI is InChI=1S/C19H18N2O5S/c1-13(22)14-5-7-15(8-6-14)20-27(25,26)17-11-9-16(10-12-17)21-18(23)3-2-4-19(21)24/h5-12,20H,2-4H2,1H3. The second-order valence-electron chi connectivity index (χ2n) is 6.21. The van der Waals surface area contributed by atoms with E-state index in [1.807, 2.05) is 0 Å². The largest absolute Gasteiger partial charge is 0.295 e. The van der Waals surface area contributed by atoms with Crippen LogP contribution in [0.4, 0.5) is 11.4 Å². The lowest BCUT2D eigenvalue weighted by atomic mass is 10.1. The number of sulfonamides is 1. The summed E-state index contributed by atoms with van der Waals surface area (Å²) in [5, 5.41) is 0. The van der Waals surface area contributed by atoms with E-state index in [4.69, 9.17) is 0 Å². The maximum absolute atomic E-state index is 12.5. The van der Waals surface area contributed by atoms with Gasteiger partial charge in [-0.25, -0.2) is 8.42 Å². The maximum Gasteiger partial charge on any atom is 0.261 e. The third-order valence-electron chi connectivity index (χ3n) is 4.23. The summed E-state index contributed by atoms with van der Waals surface area (Å²) < 4.78 is 27.5. The van der Waals surface area contributed by atoms with Gasteiger partial charge in [-0.1, -0.05) is 0 Å². The van der Waals surface area contributed by atoms with Crippen molar-refractivity contribution in [1.82, 2.24) is 0 Å². The Morgan fingerprint density at radius 2 is 1.48 bits per heavy atom. The average Bonchev–Trinajstić information content (AvgIpc) is 2.62. The number of anilines is 2. The lowest BCUT2D eigenvalue weighted by Gasteiger charge is -2.24. The van der Waals surface area contributed by atoms with Crippen molar-refractivity contribution in [2.75, 3.05) is 9.62 Å². The minimum atomic E-state index is -3.84. The minimum absolute atomic E-state index is 0.00111. The molecule has 1 aliphatic rings. The number of rotatable bonds is 5. The lowest BCUT2D eigenvalue weighted by molar-refractivity contribution is -0.129. The number of hydrogen-bond donors (Lipinski definition) is 1. The Balaban J connectivity index is 1.80. The Morgan fingerprint density at radius 1 is 0.926 bits per heavy atom. The van der Waals surface area contributed by atoms with Crippen molar-refractivity contribution in [3.05, 3.63) is 54.1 Å². The van der Waals surface area contributed by atoms with Crippen LogP contribution in [0.15, 0.2) is 53.4 Å². The predicted octanol–water partition coefficient (Wildman–Crippen LogP) is 2.73. The molecule has 2 amide bonds. The highest BCUT2D eigenvalue weighted by Crippen LogP contribution is 2.24. The van der Waals surface area contributed by atoms with Crippen LogP contribution in [0, 0.1) is 0 Å². The van der Waals surface area contributed by atoms with Gasteiger partial charge in [-0.05, 0) is 61.9 Å². The Morgan fingerprint density at radius 3 is 2.00 bits per heavy atom. The number of carbonyl (C=O) groups is 3. The lowest BCUT2D eigenvalue weighted by Crippen LogP contribution is -2.40. The molecule has 2 aromatic rings. The molecule has 140 valence electrons. The van der Waals surface area contributed by atoms with E-state index in [0.717, 1.165) is 4.90 Å². The molecule has 0 atom stereocenters. The van der Waals surface area contributed by atoms with Gasteiger partial charge in [-0.2, -0.15) is 0 Å². The summed E-state index contributed by atoms with van der Waals surface area (Å²) in [4.78, 5) is 36.3. The van der Waals surface area contributed by atoms with Gasteiger partial charge in [0.1, 0.15) is 0 Å². The van der Waals surface area contributed by atoms with Gasteiger partial charge in [0.25, 0.3) is 10.0 Å². The van der Waals surface area contributed by atoms with E-state index < -0.39 is 10.0 Å². The van der Waals surface area contributed by atoms with E-state index in [1.165, 1.54) is 55.5 Å². The molecule has 0 unspecified atom stereocenters. The quantitative estimate of drug-likeness (QED) is 0.629. The van der Waals surface area contributed by atoms with Crippen LogP contribution in [0.25, 0.3) is 0 Å². The Hall–Kier alpha value is -3.00. The van der Waals surface area contributed by atoms with Crippen LogP contribution in [0.2, 0.25) is 0 Å². The summed E-state index contributed by atoms with van der Waals surface area (Å²) in [5.41, 5.74) is 1.16. The zero-order chi connectivity index (χ0) is 19.6. The summed E-state index contributed by atoms with van der Waals surface area (Å²) in [6.07, 6.45) is 1.13. The van der Waals surface area contributed by atoms with E-state index in [0.29, 0.717) is 36.2 Å². The smallest absolute Gasteiger partial charge is 0.261 e. The second-order valence-corrected chi connectivity index (χ2v) is 7.89. The van der Waals surface area contributed by atoms with Crippen molar-refractivity contribution in [1.29, 1.82) is 0 Å². The highest BCUT2D eigenvalue weighted by atomic mass is 32.2. The van der Waals surface area contributed by atoms with Crippen LogP contribution >= 0.6 is 0 Å². The number of benzene rings is 2. The number of ketones is 1. The molecule has 2 aromatic carbocycles. The summed E-state index contributed by atoms with van der Waals surface area (Å²) in [6.45, 7) is 1.43. The third-order valence-corrected chi connectivity index (χ3v) is 5.63. The molecule has 1 N–H and O–H groups in total. The number of amides is 2. The Labute approximate surface area is 157 Å².